The van der Waals surface area contributed by atoms with Gasteiger partial charge >= 0.3 is 0 Å². The van der Waals surface area contributed by atoms with Crippen LogP contribution in [-0.2, 0) is 0 Å². The van der Waals surface area contributed by atoms with Crippen LogP contribution in [0.1, 0.15) is 70.6 Å². The Hall–Kier alpha value is -0.0800. The highest BCUT2D eigenvalue weighted by molar-refractivity contribution is 4.81. The molecule has 1 N–H and O–H groups in total. The Morgan fingerprint density at radius 3 is 2.11 bits per heavy atom. The highest BCUT2D eigenvalue weighted by atomic mass is 16.3. The number of hydrogen-bond donors (Lipinski definition) is 1. The van der Waals surface area contributed by atoms with Gasteiger partial charge in [0.1, 0.15) is 0 Å². The molecular formula is C16H31NO. The SMILES string of the molecule is CN(CC1CCCCC1)C1CCCCCCC1O. The van der Waals surface area contributed by atoms with Crippen LogP contribution in [-0.4, -0.2) is 35.7 Å². The summed E-state index contributed by atoms with van der Waals surface area (Å²) in [5.74, 6) is 0.890. The van der Waals surface area contributed by atoms with Crippen LogP contribution in [0.25, 0.3) is 0 Å². The Bertz CT molecular complexity index is 225. The lowest BCUT2D eigenvalue weighted by atomic mass is 9.87. The molecule has 2 nitrogen and oxygen atoms in total. The number of aliphatic hydroxyl groups excluding tert-OH is 1. The summed E-state index contributed by atoms with van der Waals surface area (Å²) < 4.78 is 0. The van der Waals surface area contributed by atoms with E-state index >= 15 is 0 Å². The third kappa shape index (κ3) is 4.24. The van der Waals surface area contributed by atoms with E-state index in [2.05, 4.69) is 11.9 Å². The standard InChI is InChI=1S/C16H31NO/c1-17(13-14-9-5-4-6-10-14)15-11-7-2-3-8-12-16(15)18/h14-16,18H,2-13H2,1H3. The summed E-state index contributed by atoms with van der Waals surface area (Å²) in [6.07, 6.45) is 14.4. The quantitative estimate of drug-likeness (QED) is 0.831. The largest absolute Gasteiger partial charge is 0.391 e. The molecule has 2 unspecified atom stereocenters. The predicted octanol–water partition coefficient (Wildman–Crippen LogP) is 3.58. The molecule has 0 heterocycles. The minimum Gasteiger partial charge on any atom is -0.391 e. The van der Waals surface area contributed by atoms with Crippen LogP contribution < -0.4 is 0 Å². The van der Waals surface area contributed by atoms with Crippen molar-refractivity contribution in [1.82, 2.24) is 4.90 Å². The van der Waals surface area contributed by atoms with Crippen LogP contribution >= 0.6 is 0 Å². The van der Waals surface area contributed by atoms with Crippen molar-refractivity contribution in [2.24, 2.45) is 5.92 Å². The van der Waals surface area contributed by atoms with E-state index in [0.717, 1.165) is 12.3 Å². The van der Waals surface area contributed by atoms with Gasteiger partial charge in [-0.2, -0.15) is 0 Å². The Kier molecular flexibility index (Phi) is 5.97. The average molecular weight is 253 g/mol. The van der Waals surface area contributed by atoms with Crippen LogP contribution in [0.15, 0.2) is 0 Å². The monoisotopic (exact) mass is 253 g/mol. The fourth-order valence-electron chi connectivity index (χ4n) is 3.87. The summed E-state index contributed by atoms with van der Waals surface area (Å²) in [5.41, 5.74) is 0. The molecule has 0 aromatic heterocycles. The molecule has 0 amide bonds. The lowest BCUT2D eigenvalue weighted by molar-refractivity contribution is 0.0343. The van der Waals surface area contributed by atoms with E-state index in [1.807, 2.05) is 0 Å². The van der Waals surface area contributed by atoms with E-state index in [1.54, 1.807) is 0 Å². The third-order valence-corrected chi connectivity index (χ3v) is 5.03. The molecule has 18 heavy (non-hydrogen) atoms. The predicted molar refractivity (Wildman–Crippen MR) is 76.7 cm³/mol. The van der Waals surface area contributed by atoms with Crippen molar-refractivity contribution < 1.29 is 5.11 Å². The van der Waals surface area contributed by atoms with E-state index < -0.39 is 0 Å². The molecule has 2 aliphatic carbocycles. The molecular weight excluding hydrogens is 222 g/mol. The number of likely N-dealkylation sites (N-methyl/N-ethyl adjacent to an activating group) is 1. The molecule has 0 spiro atoms. The van der Waals surface area contributed by atoms with Gasteiger partial charge < -0.3 is 10.0 Å². The van der Waals surface area contributed by atoms with Gasteiger partial charge in [-0.3, -0.25) is 0 Å². The van der Waals surface area contributed by atoms with Crippen LogP contribution in [0.3, 0.4) is 0 Å². The Morgan fingerprint density at radius 1 is 0.833 bits per heavy atom. The topological polar surface area (TPSA) is 23.5 Å². The lowest BCUT2D eigenvalue weighted by Gasteiger charge is -2.36. The second-order valence-electron chi connectivity index (χ2n) is 6.57. The first kappa shape index (κ1) is 14.3. The fraction of sp³-hybridized carbons (Fsp3) is 1.00. The van der Waals surface area contributed by atoms with Crippen molar-refractivity contribution in [2.45, 2.75) is 82.8 Å². The summed E-state index contributed by atoms with van der Waals surface area (Å²) in [4.78, 5) is 2.48. The molecule has 2 saturated carbocycles. The summed E-state index contributed by atoms with van der Waals surface area (Å²) in [6, 6.07) is 0.423. The van der Waals surface area contributed by atoms with Crippen molar-refractivity contribution in [3.05, 3.63) is 0 Å². The normalized spacial score (nSPS) is 32.2. The van der Waals surface area contributed by atoms with Gasteiger partial charge in [-0.05, 0) is 38.6 Å². The van der Waals surface area contributed by atoms with Crippen LogP contribution in [0, 0.1) is 5.92 Å². The number of rotatable bonds is 3. The first-order valence-electron chi connectivity index (χ1n) is 8.15. The van der Waals surface area contributed by atoms with Crippen LogP contribution in [0.4, 0.5) is 0 Å². The minimum absolute atomic E-state index is 0.0844. The first-order valence-corrected chi connectivity index (χ1v) is 8.15. The first-order chi connectivity index (χ1) is 8.77. The van der Waals surface area contributed by atoms with Gasteiger partial charge in [0.25, 0.3) is 0 Å². The smallest absolute Gasteiger partial charge is 0.0695 e. The highest BCUT2D eigenvalue weighted by Gasteiger charge is 2.26. The van der Waals surface area contributed by atoms with Gasteiger partial charge in [-0.15, -0.1) is 0 Å². The Morgan fingerprint density at radius 2 is 1.39 bits per heavy atom. The molecule has 2 fully saturated rings. The van der Waals surface area contributed by atoms with Crippen LogP contribution in [0.2, 0.25) is 0 Å². The van der Waals surface area contributed by atoms with Crippen molar-refractivity contribution in [1.29, 1.82) is 0 Å². The van der Waals surface area contributed by atoms with Gasteiger partial charge in [0.05, 0.1) is 6.10 Å². The van der Waals surface area contributed by atoms with Gasteiger partial charge in [0, 0.05) is 12.6 Å². The number of hydrogen-bond acceptors (Lipinski definition) is 2. The number of nitrogens with zero attached hydrogens (tertiary/aromatic N) is 1. The molecule has 0 aliphatic heterocycles. The van der Waals surface area contributed by atoms with Crippen molar-refractivity contribution >= 4 is 0 Å². The molecule has 2 rings (SSSR count). The van der Waals surface area contributed by atoms with Crippen molar-refractivity contribution in [2.75, 3.05) is 13.6 Å². The zero-order valence-corrected chi connectivity index (χ0v) is 12.1. The maximum Gasteiger partial charge on any atom is 0.0695 e. The van der Waals surface area contributed by atoms with Crippen LogP contribution in [0.5, 0.6) is 0 Å². The summed E-state index contributed by atoms with van der Waals surface area (Å²) >= 11 is 0. The van der Waals surface area contributed by atoms with Gasteiger partial charge in [-0.1, -0.05) is 44.9 Å². The Labute approximate surface area is 113 Å². The zero-order chi connectivity index (χ0) is 12.8. The summed E-state index contributed by atoms with van der Waals surface area (Å²) in [7, 11) is 2.24. The third-order valence-electron chi connectivity index (χ3n) is 5.03. The highest BCUT2D eigenvalue weighted by Crippen LogP contribution is 2.27. The van der Waals surface area contributed by atoms with Crippen molar-refractivity contribution in [3.63, 3.8) is 0 Å². The molecule has 2 heteroatoms. The number of aliphatic hydroxyl groups is 1. The Balaban J connectivity index is 1.82. The molecule has 0 radical (unpaired) electrons. The maximum absolute atomic E-state index is 10.3. The molecule has 106 valence electrons. The van der Waals surface area contributed by atoms with Gasteiger partial charge in [0.2, 0.25) is 0 Å². The molecule has 2 atom stereocenters. The van der Waals surface area contributed by atoms with Gasteiger partial charge in [-0.25, -0.2) is 0 Å². The van der Waals surface area contributed by atoms with E-state index in [1.165, 1.54) is 70.8 Å². The molecule has 0 aromatic rings. The van der Waals surface area contributed by atoms with Crippen molar-refractivity contribution in [3.8, 4) is 0 Å². The second kappa shape index (κ2) is 7.49. The van der Waals surface area contributed by atoms with E-state index in [-0.39, 0.29) is 6.10 Å². The van der Waals surface area contributed by atoms with E-state index in [9.17, 15) is 5.11 Å². The molecule has 0 aromatic carbocycles. The zero-order valence-electron chi connectivity index (χ0n) is 12.1. The second-order valence-corrected chi connectivity index (χ2v) is 6.57. The summed E-state index contributed by atoms with van der Waals surface area (Å²) in [5, 5.41) is 10.3. The maximum atomic E-state index is 10.3. The fourth-order valence-corrected chi connectivity index (χ4v) is 3.87. The minimum atomic E-state index is -0.0844. The molecule has 0 saturated heterocycles. The summed E-state index contributed by atoms with van der Waals surface area (Å²) in [6.45, 7) is 1.21. The molecule has 2 aliphatic rings. The van der Waals surface area contributed by atoms with E-state index in [0.29, 0.717) is 6.04 Å². The van der Waals surface area contributed by atoms with E-state index in [4.69, 9.17) is 0 Å². The lowest BCUT2D eigenvalue weighted by Crippen LogP contribution is -2.44. The average Bonchev–Trinajstić information content (AvgIpc) is 2.35. The van der Waals surface area contributed by atoms with Gasteiger partial charge in [0.15, 0.2) is 0 Å². The molecule has 0 bridgehead atoms.